The number of hydrogen-bond acceptors (Lipinski definition) is 5. The first-order valence-electron chi connectivity index (χ1n) is 8.69. The number of anilines is 1. The summed E-state index contributed by atoms with van der Waals surface area (Å²) in [6.45, 7) is 2.30. The van der Waals surface area contributed by atoms with Gasteiger partial charge >= 0.3 is 0 Å². The van der Waals surface area contributed by atoms with Crippen LogP contribution < -0.4 is 16.2 Å². The van der Waals surface area contributed by atoms with Crippen molar-refractivity contribution in [1.82, 2.24) is 20.3 Å². The van der Waals surface area contributed by atoms with E-state index in [0.29, 0.717) is 28.2 Å². The zero-order valence-corrected chi connectivity index (χ0v) is 15.9. The van der Waals surface area contributed by atoms with Crippen molar-refractivity contribution >= 4 is 40.0 Å². The van der Waals surface area contributed by atoms with Gasteiger partial charge in [0.15, 0.2) is 0 Å². The Balaban J connectivity index is 1.73. The van der Waals surface area contributed by atoms with Crippen LogP contribution in [0.25, 0.3) is 10.9 Å². The van der Waals surface area contributed by atoms with E-state index in [9.17, 15) is 14.4 Å². The van der Waals surface area contributed by atoms with Gasteiger partial charge < -0.3 is 10.6 Å². The van der Waals surface area contributed by atoms with Gasteiger partial charge in [0, 0.05) is 18.0 Å². The molecule has 1 heterocycles. The number of carbonyl (C=O) groups excluding carboxylic acids is 2. The lowest BCUT2D eigenvalue weighted by molar-refractivity contribution is -0.116. The van der Waals surface area contributed by atoms with Crippen molar-refractivity contribution in [2.24, 2.45) is 0 Å². The van der Waals surface area contributed by atoms with Crippen LogP contribution in [-0.2, 0) is 11.3 Å². The van der Waals surface area contributed by atoms with Crippen LogP contribution in [0.1, 0.15) is 23.7 Å². The molecule has 0 aliphatic carbocycles. The Morgan fingerprint density at radius 1 is 1.18 bits per heavy atom. The van der Waals surface area contributed by atoms with E-state index < -0.39 is 0 Å². The van der Waals surface area contributed by atoms with Gasteiger partial charge in [0.05, 0.1) is 23.2 Å². The van der Waals surface area contributed by atoms with Gasteiger partial charge in [-0.15, -0.1) is 5.10 Å². The lowest BCUT2D eigenvalue weighted by Gasteiger charge is -2.11. The number of benzene rings is 2. The molecule has 0 bridgehead atoms. The zero-order valence-electron chi connectivity index (χ0n) is 15.1. The zero-order chi connectivity index (χ0) is 20.1. The number of carbonyl (C=O) groups is 2. The Labute approximate surface area is 165 Å². The highest BCUT2D eigenvalue weighted by molar-refractivity contribution is 6.31. The molecule has 2 amide bonds. The molecule has 0 spiro atoms. The first-order valence-corrected chi connectivity index (χ1v) is 9.07. The molecule has 144 valence electrons. The number of amides is 2. The van der Waals surface area contributed by atoms with Crippen molar-refractivity contribution in [2.75, 3.05) is 11.9 Å². The number of nitrogens with one attached hydrogen (secondary N) is 2. The van der Waals surface area contributed by atoms with Gasteiger partial charge in [-0.3, -0.25) is 14.4 Å². The summed E-state index contributed by atoms with van der Waals surface area (Å²) in [5, 5.41) is 14.0. The van der Waals surface area contributed by atoms with Crippen LogP contribution in [-0.4, -0.2) is 33.4 Å². The number of aryl methyl sites for hydroxylation is 1. The molecule has 2 N–H and O–H groups in total. The summed E-state index contributed by atoms with van der Waals surface area (Å²) in [4.78, 5) is 36.9. The third-order valence-electron chi connectivity index (χ3n) is 4.02. The quantitative estimate of drug-likeness (QED) is 0.661. The van der Waals surface area contributed by atoms with Gasteiger partial charge in [0.2, 0.25) is 5.91 Å². The Morgan fingerprint density at radius 2 is 1.96 bits per heavy atom. The minimum atomic E-state index is -0.366. The van der Waals surface area contributed by atoms with Crippen molar-refractivity contribution in [2.45, 2.75) is 19.9 Å². The molecule has 9 heteroatoms. The molecule has 0 unspecified atom stereocenters. The standard InChI is InChI=1S/C19H18ClN5O3/c1-2-21-18(27)14-11-12(20)7-8-15(14)22-17(26)9-10-25-19(28)13-5-3-4-6-16(13)23-24-25/h3-8,11H,2,9-10H2,1H3,(H,21,27)(H,22,26). The first-order chi connectivity index (χ1) is 13.5. The van der Waals surface area contributed by atoms with Crippen LogP contribution in [0.2, 0.25) is 5.02 Å². The van der Waals surface area contributed by atoms with Crippen LogP contribution in [0.5, 0.6) is 0 Å². The molecule has 0 radical (unpaired) electrons. The molecule has 3 rings (SSSR count). The Hall–Kier alpha value is -3.26. The predicted octanol–water partition coefficient (Wildman–Crippen LogP) is 2.22. The molecule has 0 saturated heterocycles. The van der Waals surface area contributed by atoms with Crippen molar-refractivity contribution in [3.63, 3.8) is 0 Å². The number of aromatic nitrogens is 3. The van der Waals surface area contributed by atoms with E-state index in [0.717, 1.165) is 4.68 Å². The van der Waals surface area contributed by atoms with E-state index >= 15 is 0 Å². The summed E-state index contributed by atoms with van der Waals surface area (Å²) in [6, 6.07) is 11.5. The Kier molecular flexibility index (Phi) is 6.00. The van der Waals surface area contributed by atoms with Gasteiger partial charge in [-0.25, -0.2) is 4.68 Å². The van der Waals surface area contributed by atoms with E-state index in [1.807, 2.05) is 0 Å². The highest BCUT2D eigenvalue weighted by Crippen LogP contribution is 2.21. The van der Waals surface area contributed by atoms with Crippen LogP contribution in [0.3, 0.4) is 0 Å². The van der Waals surface area contributed by atoms with Crippen molar-refractivity contribution < 1.29 is 9.59 Å². The van der Waals surface area contributed by atoms with E-state index in [4.69, 9.17) is 11.6 Å². The third-order valence-corrected chi connectivity index (χ3v) is 4.25. The van der Waals surface area contributed by atoms with Gasteiger partial charge in [-0.05, 0) is 37.3 Å². The monoisotopic (exact) mass is 399 g/mol. The minimum Gasteiger partial charge on any atom is -0.352 e. The van der Waals surface area contributed by atoms with Crippen molar-refractivity contribution in [3.8, 4) is 0 Å². The topological polar surface area (TPSA) is 106 Å². The molecule has 3 aromatic rings. The normalized spacial score (nSPS) is 10.6. The predicted molar refractivity (Wildman–Crippen MR) is 107 cm³/mol. The second-order valence-electron chi connectivity index (χ2n) is 5.98. The summed E-state index contributed by atoms with van der Waals surface area (Å²) in [5.74, 6) is -0.702. The van der Waals surface area contributed by atoms with E-state index in [2.05, 4.69) is 20.9 Å². The fraction of sp³-hybridized carbons (Fsp3) is 0.211. The smallest absolute Gasteiger partial charge is 0.277 e. The number of halogens is 1. The van der Waals surface area contributed by atoms with Crippen molar-refractivity contribution in [3.05, 3.63) is 63.4 Å². The molecule has 28 heavy (non-hydrogen) atoms. The SMILES string of the molecule is CCNC(=O)c1cc(Cl)ccc1NC(=O)CCn1nnc2ccccc2c1=O. The van der Waals surface area contributed by atoms with Crippen LogP contribution in [0, 0.1) is 0 Å². The first kappa shape index (κ1) is 19.5. The van der Waals surface area contributed by atoms with Crippen LogP contribution in [0.15, 0.2) is 47.3 Å². The average molecular weight is 400 g/mol. The molecule has 0 aliphatic heterocycles. The van der Waals surface area contributed by atoms with Crippen LogP contribution in [0.4, 0.5) is 5.69 Å². The van der Waals surface area contributed by atoms with Gasteiger partial charge in [0.25, 0.3) is 11.5 Å². The highest BCUT2D eigenvalue weighted by Gasteiger charge is 2.14. The maximum atomic E-state index is 12.4. The average Bonchev–Trinajstić information content (AvgIpc) is 2.69. The Bertz CT molecular complexity index is 1100. The fourth-order valence-electron chi connectivity index (χ4n) is 2.66. The van der Waals surface area contributed by atoms with E-state index in [-0.39, 0.29) is 35.9 Å². The molecule has 2 aromatic carbocycles. The molecule has 8 nitrogen and oxygen atoms in total. The molecule has 0 aliphatic rings. The largest absolute Gasteiger partial charge is 0.352 e. The minimum absolute atomic E-state index is 0.00953. The lowest BCUT2D eigenvalue weighted by Crippen LogP contribution is -2.27. The van der Waals surface area contributed by atoms with Crippen LogP contribution >= 0.6 is 11.6 Å². The molecular formula is C19H18ClN5O3. The third kappa shape index (κ3) is 4.34. The second-order valence-corrected chi connectivity index (χ2v) is 6.42. The maximum absolute atomic E-state index is 12.4. The highest BCUT2D eigenvalue weighted by atomic mass is 35.5. The Morgan fingerprint density at radius 3 is 2.75 bits per heavy atom. The number of fused-ring (bicyclic) bond motifs is 1. The molecule has 0 saturated carbocycles. The van der Waals surface area contributed by atoms with Gasteiger partial charge in [-0.2, -0.15) is 0 Å². The lowest BCUT2D eigenvalue weighted by atomic mass is 10.1. The van der Waals surface area contributed by atoms with Gasteiger partial charge in [0.1, 0.15) is 5.52 Å². The molecule has 0 atom stereocenters. The molecule has 0 fully saturated rings. The fourth-order valence-corrected chi connectivity index (χ4v) is 2.83. The van der Waals surface area contributed by atoms with Crippen molar-refractivity contribution in [1.29, 1.82) is 0 Å². The molecule has 1 aromatic heterocycles. The summed E-state index contributed by atoms with van der Waals surface area (Å²) >= 11 is 5.96. The van der Waals surface area contributed by atoms with E-state index in [1.165, 1.54) is 6.07 Å². The maximum Gasteiger partial charge on any atom is 0.277 e. The van der Waals surface area contributed by atoms with E-state index in [1.54, 1.807) is 43.3 Å². The number of rotatable bonds is 6. The van der Waals surface area contributed by atoms with Gasteiger partial charge in [-0.1, -0.05) is 28.9 Å². The number of hydrogen-bond donors (Lipinski definition) is 2. The summed E-state index contributed by atoms with van der Waals surface area (Å²) in [5.41, 5.74) is 0.802. The molecular weight excluding hydrogens is 382 g/mol. The summed E-state index contributed by atoms with van der Waals surface area (Å²) < 4.78 is 1.15. The summed E-state index contributed by atoms with van der Waals surface area (Å²) in [7, 11) is 0. The second kappa shape index (κ2) is 8.62. The number of nitrogens with zero attached hydrogens (tertiary/aromatic N) is 3. The summed E-state index contributed by atoms with van der Waals surface area (Å²) in [6.07, 6.45) is -0.00953.